The molecule has 1 aromatic rings. The molecule has 0 spiro atoms. The van der Waals surface area contributed by atoms with Crippen molar-refractivity contribution in [1.82, 2.24) is 4.98 Å². The third-order valence-electron chi connectivity index (χ3n) is 3.63. The predicted molar refractivity (Wildman–Crippen MR) is 75.1 cm³/mol. The minimum Gasteiger partial charge on any atom is -0.389 e. The molecule has 0 saturated heterocycles. The van der Waals surface area contributed by atoms with Crippen LogP contribution in [0.1, 0.15) is 31.7 Å². The predicted octanol–water partition coefficient (Wildman–Crippen LogP) is 2.56. The Morgan fingerprint density at radius 2 is 2.41 bits per heavy atom. The van der Waals surface area contributed by atoms with Gasteiger partial charge in [-0.15, -0.1) is 0 Å². The van der Waals surface area contributed by atoms with Gasteiger partial charge in [0.15, 0.2) is 0 Å². The number of pyridine rings is 1. The molecule has 3 nitrogen and oxygen atoms in total. The molecule has 0 bridgehead atoms. The highest BCUT2D eigenvalue weighted by Crippen LogP contribution is 2.31. The fraction of sp³-hybridized carbons (Fsp3) is 0.538. The van der Waals surface area contributed by atoms with Crippen molar-refractivity contribution in [2.24, 2.45) is 17.6 Å². The number of aromatic nitrogens is 1. The third kappa shape index (κ3) is 3.16. The molecule has 1 aromatic heterocycles. The lowest BCUT2D eigenvalue weighted by Crippen LogP contribution is -2.17. The van der Waals surface area contributed by atoms with Crippen LogP contribution in [-0.4, -0.2) is 16.5 Å². The van der Waals surface area contributed by atoms with Gasteiger partial charge >= 0.3 is 0 Å². The summed E-state index contributed by atoms with van der Waals surface area (Å²) in [6, 6.07) is 3.76. The van der Waals surface area contributed by atoms with Gasteiger partial charge in [-0.2, -0.15) is 0 Å². The summed E-state index contributed by atoms with van der Waals surface area (Å²) in [4.78, 5) is 4.70. The molecule has 2 unspecified atom stereocenters. The van der Waals surface area contributed by atoms with Gasteiger partial charge in [0.25, 0.3) is 0 Å². The second-order valence-electron chi connectivity index (χ2n) is 4.84. The zero-order valence-corrected chi connectivity index (χ0v) is 11.0. The van der Waals surface area contributed by atoms with E-state index in [0.29, 0.717) is 4.99 Å². The van der Waals surface area contributed by atoms with Gasteiger partial charge in [0.1, 0.15) is 10.8 Å². The minimum atomic E-state index is 0.421. The van der Waals surface area contributed by atoms with Gasteiger partial charge in [0, 0.05) is 18.3 Å². The topological polar surface area (TPSA) is 50.9 Å². The summed E-state index contributed by atoms with van der Waals surface area (Å²) in [6.45, 7) is 3.33. The lowest BCUT2D eigenvalue weighted by molar-refractivity contribution is 0.439. The number of nitrogens with two attached hydrogens (primary N) is 1. The van der Waals surface area contributed by atoms with Gasteiger partial charge < -0.3 is 11.1 Å². The highest BCUT2D eigenvalue weighted by atomic mass is 32.1. The van der Waals surface area contributed by atoms with Gasteiger partial charge in [0.05, 0.1) is 0 Å². The maximum absolute atomic E-state index is 5.60. The SMILES string of the molecule is CC1CCCC1CNc1cc(C(N)=S)ccn1. The van der Waals surface area contributed by atoms with E-state index in [1.165, 1.54) is 19.3 Å². The second kappa shape index (κ2) is 5.45. The fourth-order valence-electron chi connectivity index (χ4n) is 2.44. The first kappa shape index (κ1) is 12.3. The van der Waals surface area contributed by atoms with Crippen LogP contribution in [-0.2, 0) is 0 Å². The van der Waals surface area contributed by atoms with Crippen molar-refractivity contribution in [3.05, 3.63) is 23.9 Å². The van der Waals surface area contributed by atoms with Crippen molar-refractivity contribution in [2.45, 2.75) is 26.2 Å². The largest absolute Gasteiger partial charge is 0.389 e. The summed E-state index contributed by atoms with van der Waals surface area (Å²) >= 11 is 4.95. The number of hydrogen-bond donors (Lipinski definition) is 2. The maximum atomic E-state index is 5.60. The van der Waals surface area contributed by atoms with E-state index in [0.717, 1.165) is 29.8 Å². The molecule has 92 valence electrons. The number of rotatable bonds is 4. The zero-order valence-electron chi connectivity index (χ0n) is 10.1. The Hall–Kier alpha value is -1.16. The highest BCUT2D eigenvalue weighted by Gasteiger charge is 2.22. The van der Waals surface area contributed by atoms with Crippen LogP contribution in [0.3, 0.4) is 0 Å². The molecule has 17 heavy (non-hydrogen) atoms. The third-order valence-corrected chi connectivity index (χ3v) is 3.86. The Kier molecular flexibility index (Phi) is 3.94. The summed E-state index contributed by atoms with van der Waals surface area (Å²) in [7, 11) is 0. The Balaban J connectivity index is 1.94. The Morgan fingerprint density at radius 1 is 1.59 bits per heavy atom. The van der Waals surface area contributed by atoms with E-state index < -0.39 is 0 Å². The molecule has 1 heterocycles. The van der Waals surface area contributed by atoms with Crippen molar-refractivity contribution in [1.29, 1.82) is 0 Å². The average Bonchev–Trinajstić information content (AvgIpc) is 2.72. The summed E-state index contributed by atoms with van der Waals surface area (Å²) in [6.07, 6.45) is 5.78. The van der Waals surface area contributed by atoms with E-state index in [1.54, 1.807) is 6.20 Å². The minimum absolute atomic E-state index is 0.421. The average molecular weight is 249 g/mol. The number of anilines is 1. The van der Waals surface area contributed by atoms with Crippen molar-refractivity contribution < 1.29 is 0 Å². The van der Waals surface area contributed by atoms with E-state index in [9.17, 15) is 0 Å². The van der Waals surface area contributed by atoms with Gasteiger partial charge in [-0.1, -0.05) is 32.0 Å². The number of nitrogens with zero attached hydrogens (tertiary/aromatic N) is 1. The first-order valence-electron chi connectivity index (χ1n) is 6.16. The molecule has 0 aliphatic heterocycles. The summed E-state index contributed by atoms with van der Waals surface area (Å²) in [5.41, 5.74) is 6.47. The zero-order chi connectivity index (χ0) is 12.3. The standard InChI is InChI=1S/C13H19N3S/c1-9-3-2-4-11(9)8-16-12-7-10(13(14)17)5-6-15-12/h5-7,9,11H,2-4,8H2,1H3,(H2,14,17)(H,15,16). The van der Waals surface area contributed by atoms with Crippen molar-refractivity contribution >= 4 is 23.0 Å². The molecule has 0 radical (unpaired) electrons. The van der Waals surface area contributed by atoms with Crippen LogP contribution in [0.15, 0.2) is 18.3 Å². The Morgan fingerprint density at radius 3 is 3.06 bits per heavy atom. The molecule has 0 aromatic carbocycles. The van der Waals surface area contributed by atoms with E-state index in [1.807, 2.05) is 12.1 Å². The highest BCUT2D eigenvalue weighted by molar-refractivity contribution is 7.80. The normalized spacial score (nSPS) is 23.6. The molecular weight excluding hydrogens is 230 g/mol. The first-order chi connectivity index (χ1) is 8.16. The van der Waals surface area contributed by atoms with E-state index in [2.05, 4.69) is 17.2 Å². The molecule has 2 atom stereocenters. The van der Waals surface area contributed by atoms with Crippen molar-refractivity contribution in [3.8, 4) is 0 Å². The molecule has 3 N–H and O–H groups in total. The second-order valence-corrected chi connectivity index (χ2v) is 5.28. The van der Waals surface area contributed by atoms with Crippen LogP contribution in [0.25, 0.3) is 0 Å². The van der Waals surface area contributed by atoms with Crippen molar-refractivity contribution in [2.75, 3.05) is 11.9 Å². The quantitative estimate of drug-likeness (QED) is 0.805. The molecule has 4 heteroatoms. The van der Waals surface area contributed by atoms with Crippen LogP contribution in [0, 0.1) is 11.8 Å². The van der Waals surface area contributed by atoms with Gasteiger partial charge in [-0.05, 0) is 30.4 Å². The van der Waals surface area contributed by atoms with Gasteiger partial charge in [0.2, 0.25) is 0 Å². The van der Waals surface area contributed by atoms with Crippen LogP contribution >= 0.6 is 12.2 Å². The van der Waals surface area contributed by atoms with E-state index >= 15 is 0 Å². The van der Waals surface area contributed by atoms with Crippen LogP contribution in [0.5, 0.6) is 0 Å². The number of hydrogen-bond acceptors (Lipinski definition) is 3. The number of thiocarbonyl (C=S) groups is 1. The van der Waals surface area contributed by atoms with Crippen LogP contribution < -0.4 is 11.1 Å². The first-order valence-corrected chi connectivity index (χ1v) is 6.57. The summed E-state index contributed by atoms with van der Waals surface area (Å²) < 4.78 is 0. The molecular formula is C13H19N3S. The molecule has 1 fully saturated rings. The molecule has 0 amide bonds. The van der Waals surface area contributed by atoms with Crippen LogP contribution in [0.2, 0.25) is 0 Å². The van der Waals surface area contributed by atoms with Gasteiger partial charge in [-0.3, -0.25) is 0 Å². The lowest BCUT2D eigenvalue weighted by Gasteiger charge is -2.16. The molecule has 1 saturated carbocycles. The number of nitrogens with one attached hydrogen (secondary N) is 1. The lowest BCUT2D eigenvalue weighted by atomic mass is 9.98. The molecule has 2 rings (SSSR count). The molecule has 1 aliphatic carbocycles. The Labute approximate surface area is 108 Å². The maximum Gasteiger partial charge on any atom is 0.126 e. The van der Waals surface area contributed by atoms with Crippen molar-refractivity contribution in [3.63, 3.8) is 0 Å². The summed E-state index contributed by atoms with van der Waals surface area (Å²) in [5, 5.41) is 3.39. The molecule has 1 aliphatic rings. The fourth-order valence-corrected chi connectivity index (χ4v) is 2.57. The Bertz CT molecular complexity index is 405. The monoisotopic (exact) mass is 249 g/mol. The van der Waals surface area contributed by atoms with E-state index in [-0.39, 0.29) is 0 Å². The smallest absolute Gasteiger partial charge is 0.126 e. The summed E-state index contributed by atoms with van der Waals surface area (Å²) in [5.74, 6) is 2.46. The van der Waals surface area contributed by atoms with Crippen LogP contribution in [0.4, 0.5) is 5.82 Å². The van der Waals surface area contributed by atoms with Gasteiger partial charge in [-0.25, -0.2) is 4.98 Å². The van der Waals surface area contributed by atoms with E-state index in [4.69, 9.17) is 18.0 Å².